The van der Waals surface area contributed by atoms with Gasteiger partial charge in [0.05, 0.1) is 17.5 Å². The predicted molar refractivity (Wildman–Crippen MR) is 158 cm³/mol. The highest BCUT2D eigenvalue weighted by Gasteiger charge is 2.33. The highest BCUT2D eigenvalue weighted by Crippen LogP contribution is 2.40. The van der Waals surface area contributed by atoms with Crippen LogP contribution in [0.15, 0.2) is 109 Å². The van der Waals surface area contributed by atoms with Gasteiger partial charge in [-0.05, 0) is 36.6 Å². The molecule has 0 radical (unpaired) electrons. The van der Waals surface area contributed by atoms with Crippen LogP contribution in [0, 0.1) is 0 Å². The maximum Gasteiger partial charge on any atom is 0.261 e. The Balaban J connectivity index is 1.32. The zero-order valence-corrected chi connectivity index (χ0v) is 22.9. The Bertz CT molecular complexity index is 1590. The lowest BCUT2D eigenvalue weighted by Crippen LogP contribution is -2.54. The fraction of sp³-hybridized carbons (Fsp3) is 0.176. The summed E-state index contributed by atoms with van der Waals surface area (Å²) in [6.45, 7) is 3.36. The molecule has 3 atom stereocenters. The molecule has 0 bridgehead atoms. The van der Waals surface area contributed by atoms with E-state index in [1.165, 1.54) is 5.01 Å². The van der Waals surface area contributed by atoms with Gasteiger partial charge in [0.15, 0.2) is 5.78 Å². The summed E-state index contributed by atoms with van der Waals surface area (Å²) in [5.74, 6) is -2.68. The number of anilines is 1. The van der Waals surface area contributed by atoms with E-state index in [2.05, 4.69) is 10.7 Å². The number of carbonyl (C=O) groups is 4. The normalized spacial score (nSPS) is 15.5. The van der Waals surface area contributed by atoms with E-state index in [0.29, 0.717) is 16.8 Å². The van der Waals surface area contributed by atoms with Crippen LogP contribution in [0.3, 0.4) is 0 Å². The molecule has 1 aliphatic heterocycles. The van der Waals surface area contributed by atoms with E-state index >= 15 is 0 Å². The Morgan fingerprint density at radius 1 is 0.780 bits per heavy atom. The Morgan fingerprint density at radius 3 is 2.07 bits per heavy atom. The fourth-order valence-electron chi connectivity index (χ4n) is 5.19. The van der Waals surface area contributed by atoms with E-state index in [4.69, 9.17) is 0 Å². The maximum atomic E-state index is 13.5. The first kappa shape index (κ1) is 27.5. The number of Topliss-reactive ketones (excluding diaryl/α,β-unsaturated/α-hetero) is 1. The average molecular weight is 546 g/mol. The van der Waals surface area contributed by atoms with Gasteiger partial charge in [-0.3, -0.25) is 24.6 Å². The number of carbonyl (C=O) groups excluding carboxylic acids is 4. The van der Waals surface area contributed by atoms with Crippen molar-refractivity contribution >= 4 is 29.2 Å². The molecule has 1 heterocycles. The zero-order valence-electron chi connectivity index (χ0n) is 22.9. The number of amides is 3. The third kappa shape index (κ3) is 5.79. The lowest BCUT2D eigenvalue weighted by Gasteiger charge is -2.27. The van der Waals surface area contributed by atoms with Gasteiger partial charge in [0.2, 0.25) is 5.91 Å². The van der Waals surface area contributed by atoms with Crippen molar-refractivity contribution in [3.05, 3.63) is 126 Å². The summed E-state index contributed by atoms with van der Waals surface area (Å²) < 4.78 is 0. The number of benzene rings is 4. The molecule has 4 aromatic rings. The van der Waals surface area contributed by atoms with E-state index in [1.807, 2.05) is 85.8 Å². The summed E-state index contributed by atoms with van der Waals surface area (Å²) in [7, 11) is 0. The van der Waals surface area contributed by atoms with E-state index in [0.717, 1.165) is 16.7 Å². The van der Waals surface area contributed by atoms with Gasteiger partial charge in [-0.1, -0.05) is 103 Å². The molecular formula is C34H31N3O4. The second kappa shape index (κ2) is 12.0. The van der Waals surface area contributed by atoms with Crippen LogP contribution < -0.4 is 15.8 Å². The number of para-hydroxylation sites is 1. The van der Waals surface area contributed by atoms with E-state index < -0.39 is 29.7 Å². The summed E-state index contributed by atoms with van der Waals surface area (Å²) >= 11 is 0. The van der Waals surface area contributed by atoms with Crippen molar-refractivity contribution in [2.75, 3.05) is 5.01 Å². The molecule has 1 aliphatic rings. The average Bonchev–Trinajstić information content (AvgIpc) is 3.10. The first-order valence-corrected chi connectivity index (χ1v) is 13.6. The van der Waals surface area contributed by atoms with Crippen molar-refractivity contribution in [2.45, 2.75) is 38.1 Å². The molecule has 5 rings (SSSR count). The lowest BCUT2D eigenvalue weighted by atomic mass is 9.87. The molecule has 206 valence electrons. The van der Waals surface area contributed by atoms with Gasteiger partial charge in [-0.25, -0.2) is 5.01 Å². The van der Waals surface area contributed by atoms with Gasteiger partial charge in [-0.15, -0.1) is 0 Å². The molecule has 2 N–H and O–H groups in total. The first-order chi connectivity index (χ1) is 19.8. The topological polar surface area (TPSA) is 95.6 Å². The lowest BCUT2D eigenvalue weighted by molar-refractivity contribution is -0.130. The predicted octanol–water partition coefficient (Wildman–Crippen LogP) is 5.40. The number of nitrogens with zero attached hydrogens (tertiary/aromatic N) is 1. The minimum atomic E-state index is -0.966. The molecule has 7 heteroatoms. The van der Waals surface area contributed by atoms with Crippen LogP contribution in [0.5, 0.6) is 0 Å². The first-order valence-electron chi connectivity index (χ1n) is 13.6. The van der Waals surface area contributed by atoms with E-state index in [1.54, 1.807) is 37.3 Å². The van der Waals surface area contributed by atoms with Crippen LogP contribution in [0.1, 0.15) is 53.6 Å². The molecule has 2 unspecified atom stereocenters. The summed E-state index contributed by atoms with van der Waals surface area (Å²) in [5, 5.41) is 3.99. The molecule has 3 amide bonds. The molecule has 41 heavy (non-hydrogen) atoms. The van der Waals surface area contributed by atoms with Crippen molar-refractivity contribution in [3.8, 4) is 11.1 Å². The van der Waals surface area contributed by atoms with Gasteiger partial charge < -0.3 is 5.32 Å². The Hall–Kier alpha value is -5.04. The third-order valence-corrected chi connectivity index (χ3v) is 7.41. The summed E-state index contributed by atoms with van der Waals surface area (Å²) in [6.07, 6.45) is -0.132. The number of fused-ring (bicyclic) bond motifs is 3. The van der Waals surface area contributed by atoms with Gasteiger partial charge in [-0.2, -0.15) is 0 Å². The van der Waals surface area contributed by atoms with Gasteiger partial charge in [0.1, 0.15) is 6.04 Å². The number of ketones is 1. The zero-order chi connectivity index (χ0) is 28.9. The van der Waals surface area contributed by atoms with Crippen LogP contribution in [-0.4, -0.2) is 29.5 Å². The van der Waals surface area contributed by atoms with Crippen molar-refractivity contribution in [3.63, 3.8) is 0 Å². The van der Waals surface area contributed by atoms with Crippen LogP contribution >= 0.6 is 0 Å². The number of hydrogen-bond donors (Lipinski definition) is 2. The summed E-state index contributed by atoms with van der Waals surface area (Å²) in [6, 6.07) is 32.1. The van der Waals surface area contributed by atoms with Crippen LogP contribution in [0.4, 0.5) is 5.69 Å². The van der Waals surface area contributed by atoms with Gasteiger partial charge in [0.25, 0.3) is 11.8 Å². The van der Waals surface area contributed by atoms with E-state index in [9.17, 15) is 19.2 Å². The number of nitrogens with one attached hydrogen (secondary N) is 2. The number of rotatable bonds is 8. The standard InChI is InChI=1S/C34H31N3O4/c1-22-26-17-9-10-18-27(26)28-19-11-12-20-30(28)37(34(22)41)36-33(40)23(2)35-31(38)21-29(24-13-5-3-6-14-24)32(39)25-15-7-4-8-16-25/h3-20,22-23,29H,21H2,1-2H3,(H,35,38)(H,36,40)/t22?,23-,29?/m0/s1. The third-order valence-electron chi connectivity index (χ3n) is 7.41. The van der Waals surface area contributed by atoms with Crippen molar-refractivity contribution in [2.24, 2.45) is 0 Å². The van der Waals surface area contributed by atoms with Crippen molar-refractivity contribution in [1.82, 2.24) is 10.7 Å². The van der Waals surface area contributed by atoms with Crippen molar-refractivity contribution < 1.29 is 19.2 Å². The van der Waals surface area contributed by atoms with Gasteiger partial charge in [0, 0.05) is 17.5 Å². The number of hydrogen-bond acceptors (Lipinski definition) is 4. The number of hydrazine groups is 1. The second-order valence-electron chi connectivity index (χ2n) is 10.2. The fourth-order valence-corrected chi connectivity index (χ4v) is 5.19. The molecule has 0 saturated heterocycles. The Labute approximate surface area is 239 Å². The van der Waals surface area contributed by atoms with Crippen LogP contribution in [0.25, 0.3) is 11.1 Å². The Kier molecular flexibility index (Phi) is 8.06. The van der Waals surface area contributed by atoms with E-state index in [-0.39, 0.29) is 18.1 Å². The molecule has 0 spiro atoms. The largest absolute Gasteiger partial charge is 0.344 e. The monoisotopic (exact) mass is 545 g/mol. The van der Waals surface area contributed by atoms with Crippen LogP contribution in [0.2, 0.25) is 0 Å². The molecule has 4 aromatic carbocycles. The second-order valence-corrected chi connectivity index (χ2v) is 10.2. The van der Waals surface area contributed by atoms with Gasteiger partial charge >= 0.3 is 0 Å². The molecular weight excluding hydrogens is 514 g/mol. The summed E-state index contributed by atoms with van der Waals surface area (Å²) in [4.78, 5) is 53.4. The molecule has 0 fully saturated rings. The SMILES string of the molecule is CC1C(=O)N(NC(=O)[C@H](C)NC(=O)CC(C(=O)c2ccccc2)c2ccccc2)c2ccccc2-c2ccccc21. The molecule has 0 saturated carbocycles. The smallest absolute Gasteiger partial charge is 0.261 e. The quantitative estimate of drug-likeness (QED) is 0.290. The van der Waals surface area contributed by atoms with Crippen molar-refractivity contribution in [1.29, 1.82) is 0 Å². The molecule has 0 aliphatic carbocycles. The maximum absolute atomic E-state index is 13.5. The minimum absolute atomic E-state index is 0.132. The molecule has 7 nitrogen and oxygen atoms in total. The molecule has 0 aromatic heterocycles. The summed E-state index contributed by atoms with van der Waals surface area (Å²) in [5.41, 5.74) is 7.13. The Morgan fingerprint density at radius 2 is 1.37 bits per heavy atom. The highest BCUT2D eigenvalue weighted by molar-refractivity contribution is 6.07. The minimum Gasteiger partial charge on any atom is -0.344 e. The highest BCUT2D eigenvalue weighted by atomic mass is 16.2. The van der Waals surface area contributed by atoms with Crippen LogP contribution in [-0.2, 0) is 14.4 Å².